The van der Waals surface area contributed by atoms with Crippen LogP contribution in [0.2, 0.25) is 0 Å². The first-order chi connectivity index (χ1) is 13.5. The molecule has 0 aromatic carbocycles. The number of ether oxygens (including phenoxy) is 1. The second-order valence-electron chi connectivity index (χ2n) is 7.62. The predicted molar refractivity (Wildman–Crippen MR) is 134 cm³/mol. The zero-order valence-electron chi connectivity index (χ0n) is 18.3. The van der Waals surface area contributed by atoms with Gasteiger partial charge in [0.1, 0.15) is 5.60 Å². The molecule has 1 aliphatic heterocycles. The number of nitrogens with one attached hydrogen (secondary N) is 2. The summed E-state index contributed by atoms with van der Waals surface area (Å²) in [7, 11) is 0. The Hall–Kier alpha value is -0.420. The molecule has 3 N–H and O–H groups in total. The molecule has 0 saturated carbocycles. The van der Waals surface area contributed by atoms with Gasteiger partial charge in [0.05, 0.1) is 19.8 Å². The van der Waals surface area contributed by atoms with Crippen molar-refractivity contribution in [1.82, 2.24) is 15.5 Å². The molecule has 1 aromatic rings. The SMILES string of the molecule is CCNC(=NCC(C)(O)c1cccs1)NCC(C(CC)CC)N1CCOCC1.I. The molecule has 0 bridgehead atoms. The highest BCUT2D eigenvalue weighted by molar-refractivity contribution is 14.0. The lowest BCUT2D eigenvalue weighted by molar-refractivity contribution is 0.00270. The quantitative estimate of drug-likeness (QED) is 0.243. The minimum Gasteiger partial charge on any atom is -0.383 e. The fraction of sp³-hybridized carbons (Fsp3) is 0.762. The fourth-order valence-electron chi connectivity index (χ4n) is 3.77. The van der Waals surface area contributed by atoms with Crippen LogP contribution in [0.15, 0.2) is 22.5 Å². The second-order valence-corrected chi connectivity index (χ2v) is 8.57. The highest BCUT2D eigenvalue weighted by atomic mass is 127. The maximum Gasteiger partial charge on any atom is 0.191 e. The van der Waals surface area contributed by atoms with Crippen LogP contribution in [0.4, 0.5) is 0 Å². The summed E-state index contributed by atoms with van der Waals surface area (Å²) >= 11 is 1.56. The number of aliphatic imine (C=N–C) groups is 1. The lowest BCUT2D eigenvalue weighted by atomic mass is 9.92. The maximum atomic E-state index is 10.8. The smallest absolute Gasteiger partial charge is 0.191 e. The summed E-state index contributed by atoms with van der Waals surface area (Å²) in [5.41, 5.74) is -0.949. The third-order valence-electron chi connectivity index (χ3n) is 5.53. The summed E-state index contributed by atoms with van der Waals surface area (Å²) in [5.74, 6) is 1.41. The standard InChI is InChI=1S/C21H38N4O2S.HI/c1-5-17(6-2)18(25-10-12-27-13-11-25)15-23-20(22-7-3)24-16-21(4,26)19-9-8-14-28-19;/h8-9,14,17-18,26H,5-7,10-13,15-16H2,1-4H3,(H2,22,23,24);1H. The van der Waals surface area contributed by atoms with Crippen molar-refractivity contribution in [3.05, 3.63) is 22.4 Å². The van der Waals surface area contributed by atoms with E-state index in [1.165, 1.54) is 12.8 Å². The Morgan fingerprint density at radius 3 is 2.52 bits per heavy atom. The topological polar surface area (TPSA) is 69.1 Å². The van der Waals surface area contributed by atoms with Gasteiger partial charge in [-0.3, -0.25) is 4.90 Å². The predicted octanol–water partition coefficient (Wildman–Crippen LogP) is 3.27. The van der Waals surface area contributed by atoms with E-state index in [9.17, 15) is 5.11 Å². The third-order valence-corrected chi connectivity index (χ3v) is 6.65. The number of rotatable bonds is 10. The van der Waals surface area contributed by atoms with Crippen LogP contribution in [0.25, 0.3) is 0 Å². The van der Waals surface area contributed by atoms with Gasteiger partial charge in [-0.15, -0.1) is 35.3 Å². The van der Waals surface area contributed by atoms with Crippen molar-refractivity contribution in [3.63, 3.8) is 0 Å². The number of nitrogens with zero attached hydrogens (tertiary/aromatic N) is 2. The van der Waals surface area contributed by atoms with Gasteiger partial charge < -0.3 is 20.5 Å². The van der Waals surface area contributed by atoms with Gasteiger partial charge in [0.25, 0.3) is 0 Å². The Balaban J connectivity index is 0.00000420. The van der Waals surface area contributed by atoms with Crippen LogP contribution in [-0.4, -0.2) is 67.9 Å². The molecule has 2 heterocycles. The summed E-state index contributed by atoms with van der Waals surface area (Å²) in [6, 6.07) is 4.38. The van der Waals surface area contributed by atoms with Gasteiger partial charge in [0.15, 0.2) is 5.96 Å². The molecule has 0 spiro atoms. The zero-order chi connectivity index (χ0) is 20.4. The molecular weight excluding hydrogens is 499 g/mol. The molecule has 2 atom stereocenters. The largest absolute Gasteiger partial charge is 0.383 e. The summed E-state index contributed by atoms with van der Waals surface area (Å²) in [4.78, 5) is 8.17. The molecule has 1 aliphatic rings. The normalized spacial score (nSPS) is 18.8. The van der Waals surface area contributed by atoms with Crippen LogP contribution in [0, 0.1) is 5.92 Å². The molecule has 2 unspecified atom stereocenters. The van der Waals surface area contributed by atoms with Crippen LogP contribution in [0.1, 0.15) is 45.4 Å². The van der Waals surface area contributed by atoms with Crippen molar-refractivity contribution in [3.8, 4) is 0 Å². The number of hydrogen-bond donors (Lipinski definition) is 3. The van der Waals surface area contributed by atoms with Gasteiger partial charge in [-0.1, -0.05) is 32.8 Å². The first-order valence-corrected chi connectivity index (χ1v) is 11.5. The molecule has 168 valence electrons. The molecule has 0 amide bonds. The van der Waals surface area contributed by atoms with Gasteiger partial charge in [0, 0.05) is 37.1 Å². The molecule has 1 saturated heterocycles. The Kier molecular flexibility index (Phi) is 12.7. The summed E-state index contributed by atoms with van der Waals surface area (Å²) < 4.78 is 5.55. The molecule has 8 heteroatoms. The average molecular weight is 539 g/mol. The van der Waals surface area contributed by atoms with Crippen molar-refractivity contribution < 1.29 is 9.84 Å². The maximum absolute atomic E-state index is 10.8. The highest BCUT2D eigenvalue weighted by Crippen LogP contribution is 2.25. The van der Waals surface area contributed by atoms with Crippen molar-refractivity contribution in [2.24, 2.45) is 10.9 Å². The van der Waals surface area contributed by atoms with E-state index in [1.54, 1.807) is 11.3 Å². The van der Waals surface area contributed by atoms with Crippen LogP contribution >= 0.6 is 35.3 Å². The van der Waals surface area contributed by atoms with Crippen molar-refractivity contribution >= 4 is 41.3 Å². The van der Waals surface area contributed by atoms with Crippen molar-refractivity contribution in [2.45, 2.75) is 52.2 Å². The van der Waals surface area contributed by atoms with E-state index in [0.29, 0.717) is 18.5 Å². The van der Waals surface area contributed by atoms with E-state index in [0.717, 1.165) is 50.2 Å². The van der Waals surface area contributed by atoms with E-state index in [-0.39, 0.29) is 24.0 Å². The number of halogens is 1. The number of aliphatic hydroxyl groups is 1. The monoisotopic (exact) mass is 538 g/mol. The molecule has 0 radical (unpaired) electrons. The number of hydrogen-bond acceptors (Lipinski definition) is 5. The van der Waals surface area contributed by atoms with Crippen LogP contribution in [0.5, 0.6) is 0 Å². The Bertz CT molecular complexity index is 573. The zero-order valence-corrected chi connectivity index (χ0v) is 21.5. The van der Waals surface area contributed by atoms with Crippen LogP contribution < -0.4 is 10.6 Å². The lowest BCUT2D eigenvalue weighted by Crippen LogP contribution is -2.53. The van der Waals surface area contributed by atoms with E-state index in [2.05, 4.69) is 41.3 Å². The van der Waals surface area contributed by atoms with Gasteiger partial charge in [-0.2, -0.15) is 0 Å². The van der Waals surface area contributed by atoms with Crippen molar-refractivity contribution in [2.75, 3.05) is 45.9 Å². The molecule has 1 aromatic heterocycles. The van der Waals surface area contributed by atoms with E-state index >= 15 is 0 Å². The van der Waals surface area contributed by atoms with Crippen molar-refractivity contribution in [1.29, 1.82) is 0 Å². The van der Waals surface area contributed by atoms with E-state index < -0.39 is 5.60 Å². The highest BCUT2D eigenvalue weighted by Gasteiger charge is 2.27. The van der Waals surface area contributed by atoms with Gasteiger partial charge in [-0.25, -0.2) is 4.99 Å². The molecular formula is C21H39IN4O2S. The minimum absolute atomic E-state index is 0. The number of morpholine rings is 1. The summed E-state index contributed by atoms with van der Waals surface area (Å²) in [5, 5.41) is 19.6. The summed E-state index contributed by atoms with van der Waals surface area (Å²) in [6.07, 6.45) is 2.34. The van der Waals surface area contributed by atoms with E-state index in [1.807, 2.05) is 24.4 Å². The number of guanidine groups is 1. The van der Waals surface area contributed by atoms with Crippen LogP contribution in [0.3, 0.4) is 0 Å². The molecule has 29 heavy (non-hydrogen) atoms. The van der Waals surface area contributed by atoms with Crippen LogP contribution in [-0.2, 0) is 10.3 Å². The Labute approximate surface area is 197 Å². The minimum atomic E-state index is -0.949. The van der Waals surface area contributed by atoms with Gasteiger partial charge in [0.2, 0.25) is 0 Å². The molecule has 1 fully saturated rings. The first-order valence-electron chi connectivity index (χ1n) is 10.6. The third kappa shape index (κ3) is 8.32. The molecule has 6 nitrogen and oxygen atoms in total. The second kappa shape index (κ2) is 13.8. The Morgan fingerprint density at radius 1 is 1.28 bits per heavy atom. The summed E-state index contributed by atoms with van der Waals surface area (Å²) in [6.45, 7) is 14.0. The van der Waals surface area contributed by atoms with Gasteiger partial charge >= 0.3 is 0 Å². The lowest BCUT2D eigenvalue weighted by Gasteiger charge is -2.39. The fourth-order valence-corrected chi connectivity index (χ4v) is 4.55. The Morgan fingerprint density at radius 2 is 1.97 bits per heavy atom. The number of thiophene rings is 1. The molecule has 2 rings (SSSR count). The molecule has 0 aliphatic carbocycles. The van der Waals surface area contributed by atoms with Gasteiger partial charge in [-0.05, 0) is 31.2 Å². The first kappa shape index (κ1) is 26.6. The average Bonchev–Trinajstić information content (AvgIpc) is 3.26. The van der Waals surface area contributed by atoms with E-state index in [4.69, 9.17) is 4.74 Å².